The van der Waals surface area contributed by atoms with Crippen molar-refractivity contribution in [1.29, 1.82) is 0 Å². The first-order chi connectivity index (χ1) is 7.16. The van der Waals surface area contributed by atoms with Crippen LogP contribution in [0.2, 0.25) is 39.3 Å². The quantitative estimate of drug-likeness (QED) is 0.711. The molecule has 1 saturated carbocycles. The molecular weight excluding hydrogens is 232 g/mol. The molecule has 0 aliphatic heterocycles. The lowest BCUT2D eigenvalue weighted by Crippen LogP contribution is -2.38. The minimum atomic E-state index is -1.35. The highest BCUT2D eigenvalue weighted by molar-refractivity contribution is 6.70. The van der Waals surface area contributed by atoms with Crippen molar-refractivity contribution in [2.45, 2.75) is 77.2 Å². The van der Waals surface area contributed by atoms with E-state index in [1.54, 1.807) is 0 Å². The maximum absolute atomic E-state index is 6.15. The Morgan fingerprint density at radius 2 is 0.875 bits per heavy atom. The van der Waals surface area contributed by atoms with Gasteiger partial charge < -0.3 is 8.85 Å². The summed E-state index contributed by atoms with van der Waals surface area (Å²) in [5, 5.41) is 0. The minimum absolute atomic E-state index is 0.508. The first-order valence-electron chi connectivity index (χ1n) is 6.51. The molecule has 0 amide bonds. The van der Waals surface area contributed by atoms with Crippen molar-refractivity contribution < 1.29 is 8.85 Å². The van der Waals surface area contributed by atoms with Gasteiger partial charge in [0, 0.05) is 12.2 Å². The lowest BCUT2D eigenvalue weighted by Gasteiger charge is -2.35. The smallest absolute Gasteiger partial charge is 0.184 e. The van der Waals surface area contributed by atoms with Crippen LogP contribution >= 0.6 is 0 Å². The van der Waals surface area contributed by atoms with Gasteiger partial charge in [0.05, 0.1) is 0 Å². The van der Waals surface area contributed by atoms with E-state index in [-0.39, 0.29) is 0 Å². The Morgan fingerprint density at radius 3 is 1.06 bits per heavy atom. The fourth-order valence-electron chi connectivity index (χ4n) is 2.27. The average Bonchev–Trinajstić information content (AvgIpc) is 2.03. The van der Waals surface area contributed by atoms with Gasteiger partial charge in [-0.2, -0.15) is 0 Å². The summed E-state index contributed by atoms with van der Waals surface area (Å²) in [4.78, 5) is 0. The first kappa shape index (κ1) is 14.4. The summed E-state index contributed by atoms with van der Waals surface area (Å²) in [7, 11) is -2.69. The first-order valence-corrected chi connectivity index (χ1v) is 13.3. The van der Waals surface area contributed by atoms with Crippen molar-refractivity contribution in [3.8, 4) is 0 Å². The van der Waals surface area contributed by atoms with E-state index in [0.29, 0.717) is 12.2 Å². The predicted molar refractivity (Wildman–Crippen MR) is 74.9 cm³/mol. The second-order valence-corrected chi connectivity index (χ2v) is 15.8. The van der Waals surface area contributed by atoms with Crippen LogP contribution in [0.5, 0.6) is 0 Å². The number of rotatable bonds is 4. The monoisotopic (exact) mass is 260 g/mol. The molecule has 0 saturated heterocycles. The Hall–Kier alpha value is 0.354. The summed E-state index contributed by atoms with van der Waals surface area (Å²) in [6, 6.07) is 0. The highest BCUT2D eigenvalue weighted by Gasteiger charge is 2.29. The van der Waals surface area contributed by atoms with E-state index in [1.165, 1.54) is 25.7 Å². The van der Waals surface area contributed by atoms with Crippen molar-refractivity contribution >= 4 is 16.6 Å². The van der Waals surface area contributed by atoms with Crippen LogP contribution in [0.1, 0.15) is 25.7 Å². The summed E-state index contributed by atoms with van der Waals surface area (Å²) in [6.45, 7) is 13.7. The lowest BCUT2D eigenvalue weighted by atomic mass is 9.95. The van der Waals surface area contributed by atoms with Crippen LogP contribution < -0.4 is 0 Å². The third-order valence-electron chi connectivity index (χ3n) is 2.66. The van der Waals surface area contributed by atoms with E-state index < -0.39 is 16.6 Å². The van der Waals surface area contributed by atoms with Crippen LogP contribution in [-0.4, -0.2) is 28.8 Å². The van der Waals surface area contributed by atoms with Crippen LogP contribution in [0.25, 0.3) is 0 Å². The summed E-state index contributed by atoms with van der Waals surface area (Å²) in [5.41, 5.74) is 0. The molecule has 0 aromatic carbocycles. The van der Waals surface area contributed by atoms with Gasteiger partial charge in [-0.05, 0) is 65.0 Å². The largest absolute Gasteiger partial charge is 0.415 e. The summed E-state index contributed by atoms with van der Waals surface area (Å²) in [6.07, 6.45) is 5.79. The maximum atomic E-state index is 6.15. The van der Waals surface area contributed by atoms with Gasteiger partial charge >= 0.3 is 0 Å². The zero-order valence-corrected chi connectivity index (χ0v) is 13.8. The molecule has 16 heavy (non-hydrogen) atoms. The SMILES string of the molecule is C[Si](C)(C)OC1CCC(O[Si](C)(C)C)CC1. The molecule has 96 valence electrons. The zero-order chi connectivity index (χ0) is 12.4. The molecule has 1 aliphatic rings. The van der Waals surface area contributed by atoms with E-state index >= 15 is 0 Å². The fourth-order valence-corrected chi connectivity index (χ4v) is 4.74. The predicted octanol–water partition coefficient (Wildman–Crippen LogP) is 4.00. The molecule has 0 aromatic rings. The highest BCUT2D eigenvalue weighted by atomic mass is 28.4. The third kappa shape index (κ3) is 6.18. The van der Waals surface area contributed by atoms with Crippen LogP contribution in [-0.2, 0) is 8.85 Å². The van der Waals surface area contributed by atoms with Crippen molar-refractivity contribution in [2.24, 2.45) is 0 Å². The maximum Gasteiger partial charge on any atom is 0.184 e. The molecule has 2 nitrogen and oxygen atoms in total. The Labute approximate surface area is 103 Å². The van der Waals surface area contributed by atoms with Crippen molar-refractivity contribution in [2.75, 3.05) is 0 Å². The summed E-state index contributed by atoms with van der Waals surface area (Å²) >= 11 is 0. The van der Waals surface area contributed by atoms with Crippen LogP contribution in [0, 0.1) is 0 Å². The molecule has 4 heteroatoms. The second-order valence-electron chi connectivity index (χ2n) is 6.86. The van der Waals surface area contributed by atoms with E-state index in [2.05, 4.69) is 39.3 Å². The average molecular weight is 261 g/mol. The van der Waals surface area contributed by atoms with E-state index in [4.69, 9.17) is 8.85 Å². The number of hydrogen-bond acceptors (Lipinski definition) is 2. The Bertz CT molecular complexity index is 186. The van der Waals surface area contributed by atoms with Gasteiger partial charge in [0.2, 0.25) is 0 Å². The highest BCUT2D eigenvalue weighted by Crippen LogP contribution is 2.27. The lowest BCUT2D eigenvalue weighted by molar-refractivity contribution is 0.0729. The molecule has 0 bridgehead atoms. The zero-order valence-electron chi connectivity index (χ0n) is 11.8. The molecule has 1 aliphatic carbocycles. The molecule has 1 fully saturated rings. The van der Waals surface area contributed by atoms with Crippen LogP contribution in [0.3, 0.4) is 0 Å². The Balaban J connectivity index is 2.29. The Morgan fingerprint density at radius 1 is 0.625 bits per heavy atom. The van der Waals surface area contributed by atoms with Crippen molar-refractivity contribution in [1.82, 2.24) is 0 Å². The second kappa shape index (κ2) is 5.33. The number of hydrogen-bond donors (Lipinski definition) is 0. The molecular formula is C12H28O2Si2. The van der Waals surface area contributed by atoms with E-state index in [1.807, 2.05) is 0 Å². The van der Waals surface area contributed by atoms with Crippen molar-refractivity contribution in [3.05, 3.63) is 0 Å². The molecule has 0 spiro atoms. The minimum Gasteiger partial charge on any atom is -0.415 e. The van der Waals surface area contributed by atoms with Crippen molar-refractivity contribution in [3.63, 3.8) is 0 Å². The normalized spacial score (nSPS) is 28.1. The van der Waals surface area contributed by atoms with Crippen LogP contribution in [0.15, 0.2) is 0 Å². The molecule has 1 rings (SSSR count). The summed E-state index contributed by atoms with van der Waals surface area (Å²) < 4.78 is 12.3. The fraction of sp³-hybridized carbons (Fsp3) is 1.00. The molecule has 0 unspecified atom stereocenters. The molecule has 0 heterocycles. The van der Waals surface area contributed by atoms with Gasteiger partial charge in [-0.15, -0.1) is 0 Å². The summed E-state index contributed by atoms with van der Waals surface area (Å²) in [5.74, 6) is 0. The molecule has 0 atom stereocenters. The van der Waals surface area contributed by atoms with Gasteiger partial charge in [0.25, 0.3) is 0 Å². The van der Waals surface area contributed by atoms with E-state index in [0.717, 1.165) is 0 Å². The topological polar surface area (TPSA) is 18.5 Å². The Kier molecular flexibility index (Phi) is 4.81. The van der Waals surface area contributed by atoms with E-state index in [9.17, 15) is 0 Å². The molecule has 0 aromatic heterocycles. The molecule has 0 radical (unpaired) electrons. The van der Waals surface area contributed by atoms with Gasteiger partial charge in [-0.25, -0.2) is 0 Å². The van der Waals surface area contributed by atoms with Crippen LogP contribution in [0.4, 0.5) is 0 Å². The third-order valence-corrected chi connectivity index (χ3v) is 4.74. The van der Waals surface area contributed by atoms with Gasteiger partial charge in [-0.1, -0.05) is 0 Å². The van der Waals surface area contributed by atoms with Gasteiger partial charge in [-0.3, -0.25) is 0 Å². The van der Waals surface area contributed by atoms with Gasteiger partial charge in [0.15, 0.2) is 16.6 Å². The van der Waals surface area contributed by atoms with Gasteiger partial charge in [0.1, 0.15) is 0 Å². The molecule has 0 N–H and O–H groups in total. The standard InChI is InChI=1S/C12H28O2Si2/c1-15(2,3)13-11-7-9-12(10-8-11)14-16(4,5)6/h11-12H,7-10H2,1-6H3.